The van der Waals surface area contributed by atoms with Gasteiger partial charge in [-0.3, -0.25) is 33.8 Å². The molecule has 2 aromatic rings. The Morgan fingerprint density at radius 2 is 0.970 bits per heavy atom. The molecule has 0 radical (unpaired) electrons. The monoisotopic (exact) mass is 932 g/mol. The topological polar surface area (TPSA) is 353 Å². The number of carbonyl (C=O) groups is 8. The van der Waals surface area contributed by atoms with Gasteiger partial charge in [0, 0.05) is 63.1 Å². The van der Waals surface area contributed by atoms with Crippen LogP contribution in [-0.4, -0.2) is 156 Å². The van der Waals surface area contributed by atoms with E-state index in [2.05, 4.69) is 21.3 Å². The Balaban J connectivity index is 1.72. The molecule has 0 aromatic heterocycles. The fraction of sp³-hybridized carbons (Fsp3) is 0.545. The van der Waals surface area contributed by atoms with Crippen molar-refractivity contribution in [1.82, 2.24) is 31.1 Å². The summed E-state index contributed by atoms with van der Waals surface area (Å²) in [6.07, 6.45) is 4.43. The molecule has 22 heteroatoms. The number of unbranched alkanes of at least 4 members (excludes halogenated alkanes) is 4. The van der Waals surface area contributed by atoms with Crippen LogP contribution in [0.4, 0.5) is 4.79 Å². The first kappa shape index (κ1) is 55.6. The van der Waals surface area contributed by atoms with Gasteiger partial charge in [0.25, 0.3) is 0 Å². The van der Waals surface area contributed by atoms with Crippen molar-refractivity contribution in [2.75, 3.05) is 45.8 Å². The van der Waals surface area contributed by atoms with Gasteiger partial charge in [-0.25, -0.2) is 14.4 Å². The molecule has 22 nitrogen and oxygen atoms in total. The summed E-state index contributed by atoms with van der Waals surface area (Å²) in [6, 6.07) is 5.72. The first-order chi connectivity index (χ1) is 31.3. The lowest BCUT2D eigenvalue weighted by Crippen LogP contribution is -2.51. The molecular formula is C44H64N6O16. The van der Waals surface area contributed by atoms with Crippen molar-refractivity contribution in [3.05, 3.63) is 58.7 Å². The number of benzene rings is 2. The first-order valence-electron chi connectivity index (χ1n) is 21.8. The minimum atomic E-state index is -1.48. The zero-order valence-electron chi connectivity index (χ0n) is 36.9. The van der Waals surface area contributed by atoms with Crippen LogP contribution in [0.3, 0.4) is 0 Å². The Kier molecular flexibility index (Phi) is 25.8. The third-order valence-corrected chi connectivity index (χ3v) is 10.3. The van der Waals surface area contributed by atoms with E-state index in [-0.39, 0.29) is 75.7 Å². The van der Waals surface area contributed by atoms with Crippen molar-refractivity contribution in [2.45, 2.75) is 109 Å². The number of amides is 3. The molecule has 0 aliphatic carbocycles. The van der Waals surface area contributed by atoms with Gasteiger partial charge in [0.1, 0.15) is 23.6 Å². The Morgan fingerprint density at radius 3 is 1.44 bits per heavy atom. The van der Waals surface area contributed by atoms with Crippen molar-refractivity contribution < 1.29 is 79.2 Å². The number of hydrogen-bond donors (Lipinski definition) is 12. The number of aryl methyl sites for hydroxylation is 2. The van der Waals surface area contributed by atoms with Gasteiger partial charge in [0.05, 0.1) is 13.1 Å². The van der Waals surface area contributed by atoms with Crippen LogP contribution in [0.2, 0.25) is 0 Å². The van der Waals surface area contributed by atoms with Crippen LogP contribution in [0.25, 0.3) is 0 Å². The summed E-state index contributed by atoms with van der Waals surface area (Å²) >= 11 is 0. The SMILES string of the molecule is O=C(O)CCc1ccc(O)c(CN(CCN(CC(=O)O)Cc2cc(CCC(=O)NCCCCCCNCCCCC(NC(=O)NC(CCC(=O)O)C(=O)O)C(=O)O)ccc2O)CC(=O)O)c1. The highest BCUT2D eigenvalue weighted by molar-refractivity contribution is 5.86. The lowest BCUT2D eigenvalue weighted by atomic mass is 10.0. The second kappa shape index (κ2) is 30.6. The molecule has 0 aliphatic rings. The first-order valence-corrected chi connectivity index (χ1v) is 21.8. The maximum atomic E-state index is 12.6. The Hall–Kier alpha value is -6.52. The molecule has 0 heterocycles. The number of carboxylic acids is 6. The Bertz CT molecular complexity index is 1930. The summed E-state index contributed by atoms with van der Waals surface area (Å²) in [4.78, 5) is 95.9. The molecule has 2 atom stereocenters. The van der Waals surface area contributed by atoms with E-state index >= 15 is 0 Å². The van der Waals surface area contributed by atoms with E-state index in [1.165, 1.54) is 21.9 Å². The van der Waals surface area contributed by atoms with Gasteiger partial charge < -0.3 is 62.1 Å². The van der Waals surface area contributed by atoms with Crippen molar-refractivity contribution in [1.29, 1.82) is 0 Å². The number of urea groups is 1. The fourth-order valence-corrected chi connectivity index (χ4v) is 6.84. The maximum Gasteiger partial charge on any atom is 0.326 e. The van der Waals surface area contributed by atoms with Crippen LogP contribution >= 0.6 is 0 Å². The van der Waals surface area contributed by atoms with Crippen LogP contribution in [0.5, 0.6) is 11.5 Å². The largest absolute Gasteiger partial charge is 0.508 e. The summed E-state index contributed by atoms with van der Waals surface area (Å²) in [5.41, 5.74) is 2.21. The van der Waals surface area contributed by atoms with Gasteiger partial charge in [0.2, 0.25) is 5.91 Å². The average molecular weight is 933 g/mol. The van der Waals surface area contributed by atoms with Crippen LogP contribution in [0.15, 0.2) is 36.4 Å². The zero-order chi connectivity index (χ0) is 49.0. The van der Waals surface area contributed by atoms with Gasteiger partial charge in [-0.1, -0.05) is 37.1 Å². The number of phenolic OH excluding ortho intramolecular Hbond substituents is 2. The molecule has 0 bridgehead atoms. The van der Waals surface area contributed by atoms with Gasteiger partial charge in [0.15, 0.2) is 0 Å². The van der Waals surface area contributed by atoms with Crippen LogP contribution in [0.1, 0.15) is 92.9 Å². The number of rotatable bonds is 36. The number of carboxylic acid groups (broad SMARTS) is 6. The van der Waals surface area contributed by atoms with Crippen molar-refractivity contribution in [2.24, 2.45) is 0 Å². The predicted molar refractivity (Wildman–Crippen MR) is 236 cm³/mol. The van der Waals surface area contributed by atoms with Crippen molar-refractivity contribution >= 4 is 47.8 Å². The third-order valence-electron chi connectivity index (χ3n) is 10.3. The summed E-state index contributed by atoms with van der Waals surface area (Å²) in [5, 5.41) is 87.1. The van der Waals surface area contributed by atoms with Crippen LogP contribution in [0, 0.1) is 0 Å². The lowest BCUT2D eigenvalue weighted by molar-refractivity contribution is -0.141. The molecule has 0 fully saturated rings. The summed E-state index contributed by atoms with van der Waals surface area (Å²) in [6.45, 7) is 1.18. The summed E-state index contributed by atoms with van der Waals surface area (Å²) in [7, 11) is 0. The zero-order valence-corrected chi connectivity index (χ0v) is 36.9. The molecule has 0 spiro atoms. The highest BCUT2D eigenvalue weighted by atomic mass is 16.4. The van der Waals surface area contributed by atoms with E-state index in [0.717, 1.165) is 37.8 Å². The van der Waals surface area contributed by atoms with Crippen molar-refractivity contribution in [3.8, 4) is 11.5 Å². The molecule has 66 heavy (non-hydrogen) atoms. The maximum absolute atomic E-state index is 12.6. The predicted octanol–water partition coefficient (Wildman–Crippen LogP) is 2.03. The third kappa shape index (κ3) is 24.5. The number of aromatic hydroxyl groups is 2. The number of phenols is 2. The minimum Gasteiger partial charge on any atom is -0.508 e. The van der Waals surface area contributed by atoms with E-state index in [4.69, 9.17) is 10.2 Å². The normalized spacial score (nSPS) is 12.0. The average Bonchev–Trinajstić information content (AvgIpc) is 3.23. The molecule has 0 saturated carbocycles. The number of hydrogen-bond acceptors (Lipinski definition) is 13. The molecule has 366 valence electrons. The van der Waals surface area contributed by atoms with E-state index in [1.54, 1.807) is 24.3 Å². The Morgan fingerprint density at radius 1 is 0.515 bits per heavy atom. The second-order valence-electron chi connectivity index (χ2n) is 15.9. The summed E-state index contributed by atoms with van der Waals surface area (Å²) < 4.78 is 0. The number of nitrogens with zero attached hydrogens (tertiary/aromatic N) is 2. The highest BCUT2D eigenvalue weighted by Gasteiger charge is 2.25. The molecule has 0 saturated heterocycles. The Labute approximate surface area is 382 Å². The fourth-order valence-electron chi connectivity index (χ4n) is 6.84. The highest BCUT2D eigenvalue weighted by Crippen LogP contribution is 2.23. The van der Waals surface area contributed by atoms with Gasteiger partial charge in [-0.15, -0.1) is 0 Å². The molecule has 3 amide bonds. The van der Waals surface area contributed by atoms with Crippen LogP contribution in [-0.2, 0) is 59.5 Å². The molecule has 2 rings (SSSR count). The number of aliphatic carboxylic acids is 6. The van der Waals surface area contributed by atoms with Gasteiger partial charge in [-0.05, 0) is 87.7 Å². The minimum absolute atomic E-state index is 0.00153. The summed E-state index contributed by atoms with van der Waals surface area (Å²) in [5.74, 6) is -7.54. The molecule has 0 aliphatic heterocycles. The van der Waals surface area contributed by atoms with E-state index in [0.29, 0.717) is 49.0 Å². The van der Waals surface area contributed by atoms with Crippen molar-refractivity contribution in [3.63, 3.8) is 0 Å². The van der Waals surface area contributed by atoms with Gasteiger partial charge >= 0.3 is 41.8 Å². The lowest BCUT2D eigenvalue weighted by Gasteiger charge is -2.26. The van der Waals surface area contributed by atoms with E-state index < -0.39 is 73.4 Å². The smallest absolute Gasteiger partial charge is 0.326 e. The second-order valence-corrected chi connectivity index (χ2v) is 15.9. The number of nitrogens with one attached hydrogen (secondary N) is 4. The molecule has 2 aromatic carbocycles. The quantitative estimate of drug-likeness (QED) is 0.0435. The molecule has 12 N–H and O–H groups in total. The van der Waals surface area contributed by atoms with Crippen LogP contribution < -0.4 is 21.3 Å². The molecule has 2 unspecified atom stereocenters. The van der Waals surface area contributed by atoms with E-state index in [1.807, 2.05) is 0 Å². The van der Waals surface area contributed by atoms with E-state index in [9.17, 15) is 69.0 Å². The molecular weight excluding hydrogens is 869 g/mol. The van der Waals surface area contributed by atoms with Gasteiger partial charge in [-0.2, -0.15) is 0 Å². The number of carbonyl (C=O) groups excluding carboxylic acids is 2. The standard InChI is InChI=1S/C44H64N6O16/c51-35-13-8-29(23-31(35)25-49(27-40(58)59)21-22-50(28-41(60)61)26-32-24-30(9-14-36(32)52)11-16-38(54)55)10-15-37(53)46-20-5-2-1-4-18-45-19-6-3-7-33(42(62)63)47-44(66)48-34(43(64)65)12-17-39(56)57/h8-9,13-14,23-24,33-34,45,51-52H,1-7,10-12,15-22,25-28H2,(H,46,53)(H,54,55)(H,56,57)(H,58,59)(H,60,61)(H,62,63)(H,64,65)(H2,47,48,66).